The van der Waals surface area contributed by atoms with Gasteiger partial charge in [0.2, 0.25) is 11.8 Å². The molecular weight excluding hydrogens is 180 g/mol. The number of nitrogens with one attached hydrogen (secondary N) is 1. The van der Waals surface area contributed by atoms with E-state index in [4.69, 9.17) is 5.73 Å². The quantitative estimate of drug-likeness (QED) is 0.677. The van der Waals surface area contributed by atoms with Gasteiger partial charge in [-0.25, -0.2) is 0 Å². The van der Waals surface area contributed by atoms with E-state index in [0.29, 0.717) is 12.3 Å². The third-order valence-corrected chi connectivity index (χ3v) is 2.71. The van der Waals surface area contributed by atoms with Crippen LogP contribution in [0.3, 0.4) is 0 Å². The Balaban J connectivity index is 2.05. The molecule has 0 bridgehead atoms. The summed E-state index contributed by atoms with van der Waals surface area (Å²) in [6.45, 7) is -0.0382. The van der Waals surface area contributed by atoms with Crippen molar-refractivity contribution in [3.8, 4) is 0 Å². The smallest absolute Gasteiger partial charge is 0.236 e. The predicted molar refractivity (Wildman–Crippen MR) is 53.4 cm³/mol. The van der Waals surface area contributed by atoms with Crippen LogP contribution in [-0.2, 0) is 9.59 Å². The average Bonchev–Trinajstić information content (AvgIpc) is 2.63. The van der Waals surface area contributed by atoms with Crippen LogP contribution in [0.1, 0.15) is 38.5 Å². The summed E-state index contributed by atoms with van der Waals surface area (Å²) in [5, 5.41) is 2.49. The van der Waals surface area contributed by atoms with Gasteiger partial charge in [-0.3, -0.25) is 9.59 Å². The van der Waals surface area contributed by atoms with Crippen molar-refractivity contribution in [3.05, 3.63) is 0 Å². The molecule has 1 rings (SSSR count). The average molecular weight is 198 g/mol. The molecule has 2 amide bonds. The largest absolute Gasteiger partial charge is 0.368 e. The van der Waals surface area contributed by atoms with E-state index in [0.717, 1.165) is 6.42 Å². The molecule has 1 aliphatic rings. The zero-order valence-corrected chi connectivity index (χ0v) is 8.42. The van der Waals surface area contributed by atoms with E-state index < -0.39 is 5.91 Å². The monoisotopic (exact) mass is 198 g/mol. The molecule has 0 unspecified atom stereocenters. The second-order valence-corrected chi connectivity index (χ2v) is 3.93. The summed E-state index contributed by atoms with van der Waals surface area (Å²) in [5.74, 6) is 0.171. The first-order valence-corrected chi connectivity index (χ1v) is 5.23. The van der Waals surface area contributed by atoms with Crippen LogP contribution in [0.4, 0.5) is 0 Å². The van der Waals surface area contributed by atoms with Crippen molar-refractivity contribution in [2.45, 2.75) is 38.5 Å². The van der Waals surface area contributed by atoms with Gasteiger partial charge in [0.25, 0.3) is 0 Å². The lowest BCUT2D eigenvalue weighted by Gasteiger charge is -2.07. The third-order valence-electron chi connectivity index (χ3n) is 2.71. The maximum absolute atomic E-state index is 11.2. The summed E-state index contributed by atoms with van der Waals surface area (Å²) < 4.78 is 0. The fourth-order valence-corrected chi connectivity index (χ4v) is 1.91. The minimum absolute atomic E-state index is 0.0382. The molecule has 0 radical (unpaired) electrons. The van der Waals surface area contributed by atoms with Crippen LogP contribution >= 0.6 is 0 Å². The van der Waals surface area contributed by atoms with Crippen LogP contribution in [0.5, 0.6) is 0 Å². The molecule has 80 valence electrons. The second-order valence-electron chi connectivity index (χ2n) is 3.93. The number of primary amides is 1. The lowest BCUT2D eigenvalue weighted by Crippen LogP contribution is -2.33. The van der Waals surface area contributed by atoms with Crippen LogP contribution in [-0.4, -0.2) is 18.4 Å². The van der Waals surface area contributed by atoms with Gasteiger partial charge in [0.05, 0.1) is 6.54 Å². The number of nitrogens with two attached hydrogens (primary N) is 1. The zero-order valence-electron chi connectivity index (χ0n) is 8.42. The maximum Gasteiger partial charge on any atom is 0.236 e. The third kappa shape index (κ3) is 4.25. The number of carbonyl (C=O) groups is 2. The number of hydrogen-bond donors (Lipinski definition) is 2. The minimum atomic E-state index is -0.487. The standard InChI is InChI=1S/C10H18N2O2/c11-9(13)7-12-10(14)6-5-8-3-1-2-4-8/h8H,1-7H2,(H2,11,13)(H,12,14). The van der Waals surface area contributed by atoms with Crippen LogP contribution in [0.25, 0.3) is 0 Å². The van der Waals surface area contributed by atoms with Crippen LogP contribution in [0.2, 0.25) is 0 Å². The Morgan fingerprint density at radius 1 is 1.29 bits per heavy atom. The van der Waals surface area contributed by atoms with E-state index in [9.17, 15) is 9.59 Å². The molecule has 1 fully saturated rings. The van der Waals surface area contributed by atoms with E-state index in [1.807, 2.05) is 0 Å². The zero-order chi connectivity index (χ0) is 10.4. The number of hydrogen-bond acceptors (Lipinski definition) is 2. The van der Waals surface area contributed by atoms with Gasteiger partial charge in [0, 0.05) is 6.42 Å². The molecule has 14 heavy (non-hydrogen) atoms. The van der Waals surface area contributed by atoms with Crippen molar-refractivity contribution >= 4 is 11.8 Å². The van der Waals surface area contributed by atoms with Crippen LogP contribution in [0, 0.1) is 5.92 Å². The number of rotatable bonds is 5. The van der Waals surface area contributed by atoms with E-state index in [1.54, 1.807) is 0 Å². The molecule has 4 heteroatoms. The SMILES string of the molecule is NC(=O)CNC(=O)CCC1CCCC1. The predicted octanol–water partition coefficient (Wildman–Crippen LogP) is 0.558. The van der Waals surface area contributed by atoms with Gasteiger partial charge in [0.15, 0.2) is 0 Å². The maximum atomic E-state index is 11.2. The molecule has 0 aliphatic heterocycles. The van der Waals surface area contributed by atoms with Gasteiger partial charge < -0.3 is 11.1 Å². The molecule has 3 N–H and O–H groups in total. The Morgan fingerprint density at radius 3 is 2.50 bits per heavy atom. The van der Waals surface area contributed by atoms with Gasteiger partial charge in [-0.2, -0.15) is 0 Å². The lowest BCUT2D eigenvalue weighted by molar-refractivity contribution is -0.125. The summed E-state index contributed by atoms with van der Waals surface area (Å²) in [7, 11) is 0. The topological polar surface area (TPSA) is 72.2 Å². The van der Waals surface area contributed by atoms with E-state index in [2.05, 4.69) is 5.32 Å². The molecule has 0 atom stereocenters. The Labute approximate surface area is 84.2 Å². The fourth-order valence-electron chi connectivity index (χ4n) is 1.91. The molecule has 1 saturated carbocycles. The van der Waals surface area contributed by atoms with Crippen molar-refractivity contribution in [3.63, 3.8) is 0 Å². The van der Waals surface area contributed by atoms with Gasteiger partial charge in [0.1, 0.15) is 0 Å². The van der Waals surface area contributed by atoms with E-state index >= 15 is 0 Å². The molecule has 4 nitrogen and oxygen atoms in total. The lowest BCUT2D eigenvalue weighted by atomic mass is 10.0. The van der Waals surface area contributed by atoms with Crippen LogP contribution < -0.4 is 11.1 Å². The van der Waals surface area contributed by atoms with Crippen molar-refractivity contribution in [2.75, 3.05) is 6.54 Å². The summed E-state index contributed by atoms with van der Waals surface area (Å²) in [6.07, 6.45) is 6.58. The van der Waals surface area contributed by atoms with Gasteiger partial charge in [-0.15, -0.1) is 0 Å². The molecule has 0 aromatic heterocycles. The highest BCUT2D eigenvalue weighted by Gasteiger charge is 2.15. The Hall–Kier alpha value is -1.06. The Morgan fingerprint density at radius 2 is 1.93 bits per heavy atom. The van der Waals surface area contributed by atoms with Crippen LogP contribution in [0.15, 0.2) is 0 Å². The highest BCUT2D eigenvalue weighted by Crippen LogP contribution is 2.28. The first-order valence-electron chi connectivity index (χ1n) is 5.23. The van der Waals surface area contributed by atoms with Gasteiger partial charge >= 0.3 is 0 Å². The van der Waals surface area contributed by atoms with Crippen molar-refractivity contribution in [2.24, 2.45) is 11.7 Å². The Kier molecular flexibility index (Phi) is 4.43. The van der Waals surface area contributed by atoms with Crippen molar-refractivity contribution in [1.82, 2.24) is 5.32 Å². The highest BCUT2D eigenvalue weighted by atomic mass is 16.2. The van der Waals surface area contributed by atoms with Gasteiger partial charge in [-0.1, -0.05) is 25.7 Å². The summed E-state index contributed by atoms with van der Waals surface area (Å²) in [5.41, 5.74) is 4.91. The molecule has 0 saturated heterocycles. The highest BCUT2D eigenvalue weighted by molar-refractivity contribution is 5.83. The first-order chi connectivity index (χ1) is 6.68. The fraction of sp³-hybridized carbons (Fsp3) is 0.800. The normalized spacial score (nSPS) is 16.9. The molecule has 1 aliphatic carbocycles. The summed E-state index contributed by atoms with van der Waals surface area (Å²) in [6, 6.07) is 0. The number of amides is 2. The molecule has 0 heterocycles. The minimum Gasteiger partial charge on any atom is -0.368 e. The second kappa shape index (κ2) is 5.62. The van der Waals surface area contributed by atoms with E-state index in [-0.39, 0.29) is 12.5 Å². The van der Waals surface area contributed by atoms with Gasteiger partial charge in [-0.05, 0) is 12.3 Å². The summed E-state index contributed by atoms with van der Waals surface area (Å²) in [4.78, 5) is 21.6. The molecule has 0 spiro atoms. The van der Waals surface area contributed by atoms with Crippen molar-refractivity contribution < 1.29 is 9.59 Å². The Bertz CT molecular complexity index is 210. The van der Waals surface area contributed by atoms with E-state index in [1.165, 1.54) is 25.7 Å². The molecular formula is C10H18N2O2. The first kappa shape index (κ1) is 11.0. The number of carbonyl (C=O) groups excluding carboxylic acids is 2. The molecule has 0 aromatic rings. The van der Waals surface area contributed by atoms with Crippen molar-refractivity contribution in [1.29, 1.82) is 0 Å². The molecule has 0 aromatic carbocycles. The summed E-state index contributed by atoms with van der Waals surface area (Å²) >= 11 is 0.